The van der Waals surface area contributed by atoms with Crippen molar-refractivity contribution in [3.63, 3.8) is 0 Å². The topological polar surface area (TPSA) is 81.9 Å². The Morgan fingerprint density at radius 1 is 1.12 bits per heavy atom. The highest BCUT2D eigenvalue weighted by Gasteiger charge is 2.25. The van der Waals surface area contributed by atoms with Gasteiger partial charge >= 0.3 is 6.09 Å². The summed E-state index contributed by atoms with van der Waals surface area (Å²) in [5, 5.41) is 8.79. The molecule has 0 fully saturated rings. The number of aryl methyl sites for hydroxylation is 1. The molecule has 33 heavy (non-hydrogen) atoms. The van der Waals surface area contributed by atoms with E-state index in [-0.39, 0.29) is 6.04 Å². The molecular weight excluding hydrogens is 414 g/mol. The lowest BCUT2D eigenvalue weighted by Crippen LogP contribution is -2.35. The quantitative estimate of drug-likeness (QED) is 0.434. The second-order valence-corrected chi connectivity index (χ2v) is 8.30. The van der Waals surface area contributed by atoms with E-state index in [1.54, 1.807) is 12.4 Å². The molecule has 5 rings (SSSR count). The Balaban J connectivity index is 1.54. The molecule has 4 aromatic rings. The van der Waals surface area contributed by atoms with Crippen molar-refractivity contribution in [2.75, 3.05) is 0 Å². The van der Waals surface area contributed by atoms with E-state index in [4.69, 9.17) is 9.84 Å². The molecule has 1 aliphatic rings. The van der Waals surface area contributed by atoms with Crippen LogP contribution in [0.25, 0.3) is 33.4 Å². The Hall–Kier alpha value is -3.74. The van der Waals surface area contributed by atoms with Gasteiger partial charge in [-0.15, -0.1) is 0 Å². The van der Waals surface area contributed by atoms with Gasteiger partial charge in [0.1, 0.15) is 11.4 Å². The fraction of sp³-hybridized carbons (Fsp3) is 0.308. The molecule has 7 nitrogen and oxygen atoms in total. The predicted octanol–water partition coefficient (Wildman–Crippen LogP) is 5.38. The molecule has 0 atom stereocenters. The maximum absolute atomic E-state index is 12.3. The van der Waals surface area contributed by atoms with Crippen molar-refractivity contribution in [1.82, 2.24) is 25.1 Å². The van der Waals surface area contributed by atoms with Gasteiger partial charge in [0, 0.05) is 47.7 Å². The maximum Gasteiger partial charge on any atom is 0.412 e. The van der Waals surface area contributed by atoms with Crippen molar-refractivity contribution in [2.45, 2.75) is 52.1 Å². The summed E-state index contributed by atoms with van der Waals surface area (Å²) >= 11 is 0. The first-order valence-corrected chi connectivity index (χ1v) is 11.6. The van der Waals surface area contributed by atoms with Crippen molar-refractivity contribution in [2.24, 2.45) is 0 Å². The molecule has 1 aromatic carbocycles. The number of hydrogen-bond donors (Lipinski definition) is 1. The fourth-order valence-corrected chi connectivity index (χ4v) is 4.50. The average molecular weight is 442 g/mol. The normalized spacial score (nSPS) is 12.8. The number of amides is 1. The molecule has 1 amide bonds. The number of fused-ring (bicyclic) bond motifs is 2. The Kier molecular flexibility index (Phi) is 5.77. The Morgan fingerprint density at radius 3 is 2.79 bits per heavy atom. The van der Waals surface area contributed by atoms with Crippen LogP contribution in [0.4, 0.5) is 4.79 Å². The highest BCUT2D eigenvalue weighted by molar-refractivity contribution is 5.99. The maximum atomic E-state index is 12.3. The molecule has 4 heterocycles. The van der Waals surface area contributed by atoms with Gasteiger partial charge in [0.2, 0.25) is 0 Å². The summed E-state index contributed by atoms with van der Waals surface area (Å²) in [6, 6.07) is 13.6. The Morgan fingerprint density at radius 2 is 2.00 bits per heavy atom. The number of nitrogens with one attached hydrogen (secondary N) is 1. The minimum atomic E-state index is -0.439. The first-order chi connectivity index (χ1) is 16.2. The zero-order valence-electron chi connectivity index (χ0n) is 18.9. The van der Waals surface area contributed by atoms with Crippen molar-refractivity contribution >= 4 is 17.0 Å². The van der Waals surface area contributed by atoms with Gasteiger partial charge in [-0.05, 0) is 61.6 Å². The Labute approximate surface area is 192 Å². The third-order valence-corrected chi connectivity index (χ3v) is 6.25. The van der Waals surface area contributed by atoms with Crippen LogP contribution < -0.4 is 10.1 Å². The van der Waals surface area contributed by atoms with E-state index in [0.717, 1.165) is 65.6 Å². The predicted molar refractivity (Wildman–Crippen MR) is 128 cm³/mol. The van der Waals surface area contributed by atoms with Gasteiger partial charge in [-0.1, -0.05) is 19.9 Å². The summed E-state index contributed by atoms with van der Waals surface area (Å²) in [5.41, 5.74) is 5.92. The van der Waals surface area contributed by atoms with Gasteiger partial charge < -0.3 is 10.1 Å². The zero-order chi connectivity index (χ0) is 22.8. The van der Waals surface area contributed by atoms with E-state index in [2.05, 4.69) is 20.0 Å². The smallest absolute Gasteiger partial charge is 0.410 e. The van der Waals surface area contributed by atoms with Crippen LogP contribution in [-0.4, -0.2) is 31.9 Å². The van der Waals surface area contributed by atoms with Crippen LogP contribution in [0, 0.1) is 0 Å². The van der Waals surface area contributed by atoms with Crippen LogP contribution in [-0.2, 0) is 13.0 Å². The third-order valence-electron chi connectivity index (χ3n) is 6.25. The van der Waals surface area contributed by atoms with E-state index >= 15 is 0 Å². The Bertz CT molecular complexity index is 1300. The van der Waals surface area contributed by atoms with Gasteiger partial charge in [0.25, 0.3) is 0 Å². The molecule has 3 aromatic heterocycles. The van der Waals surface area contributed by atoms with E-state index in [9.17, 15) is 4.79 Å². The van der Waals surface area contributed by atoms with Crippen molar-refractivity contribution in [3.05, 3.63) is 60.6 Å². The number of nitrogens with zero attached hydrogens (tertiary/aromatic N) is 4. The first kappa shape index (κ1) is 21.1. The molecular formula is C26H27N5O2. The number of carbonyl (C=O) groups excluding carboxylic acids is 1. The molecule has 0 spiro atoms. The van der Waals surface area contributed by atoms with Gasteiger partial charge in [-0.25, -0.2) is 4.79 Å². The van der Waals surface area contributed by atoms with Crippen LogP contribution in [0.1, 0.15) is 38.8 Å². The molecule has 1 N–H and O–H groups in total. The number of hydrogen-bond acceptors (Lipinski definition) is 5. The molecule has 0 unspecified atom stereocenters. The minimum absolute atomic E-state index is 0.108. The minimum Gasteiger partial charge on any atom is -0.410 e. The van der Waals surface area contributed by atoms with Crippen LogP contribution in [0.15, 0.2) is 54.9 Å². The monoisotopic (exact) mass is 441 g/mol. The summed E-state index contributed by atoms with van der Waals surface area (Å²) in [6.07, 6.45) is 6.95. The van der Waals surface area contributed by atoms with Gasteiger partial charge in [-0.3, -0.25) is 14.6 Å². The molecule has 168 valence electrons. The number of carbonyl (C=O) groups is 1. The van der Waals surface area contributed by atoms with Gasteiger partial charge in [0.15, 0.2) is 0 Å². The van der Waals surface area contributed by atoms with E-state index < -0.39 is 6.09 Å². The van der Waals surface area contributed by atoms with Crippen LogP contribution in [0.3, 0.4) is 0 Å². The number of aromatic nitrogens is 4. The molecule has 0 radical (unpaired) electrons. The number of ether oxygens (including phenoxy) is 1. The van der Waals surface area contributed by atoms with Crippen molar-refractivity contribution in [1.29, 1.82) is 0 Å². The molecule has 1 aliphatic heterocycles. The standard InChI is InChI=1S/C26H27N5O2/c1-3-17(4-2)29-26(32)33-18-10-11-19-20(12-14-28-22(19)16-18)24-23-9-7-15-31(23)30-25(24)21-8-5-6-13-27-21/h5-6,8,10-14,16-17H,3-4,7,9,15H2,1-2H3,(H,29,32). The average Bonchev–Trinajstić information content (AvgIpc) is 3.44. The highest BCUT2D eigenvalue weighted by Crippen LogP contribution is 2.40. The molecule has 0 bridgehead atoms. The molecule has 0 saturated heterocycles. The highest BCUT2D eigenvalue weighted by atomic mass is 16.6. The molecule has 7 heteroatoms. The zero-order valence-corrected chi connectivity index (χ0v) is 18.9. The van der Waals surface area contributed by atoms with Gasteiger partial charge in [0.05, 0.1) is 11.2 Å². The molecule has 0 aliphatic carbocycles. The second kappa shape index (κ2) is 9.02. The van der Waals surface area contributed by atoms with Crippen LogP contribution in [0.2, 0.25) is 0 Å². The lowest BCUT2D eigenvalue weighted by molar-refractivity contribution is 0.195. The summed E-state index contributed by atoms with van der Waals surface area (Å²) < 4.78 is 7.64. The van der Waals surface area contributed by atoms with Gasteiger partial charge in [-0.2, -0.15) is 5.10 Å². The first-order valence-electron chi connectivity index (χ1n) is 11.6. The second-order valence-electron chi connectivity index (χ2n) is 8.30. The molecule has 0 saturated carbocycles. The summed E-state index contributed by atoms with van der Waals surface area (Å²) in [5.74, 6) is 0.473. The van der Waals surface area contributed by atoms with E-state index in [0.29, 0.717) is 5.75 Å². The fourth-order valence-electron chi connectivity index (χ4n) is 4.50. The summed E-state index contributed by atoms with van der Waals surface area (Å²) in [4.78, 5) is 21.4. The largest absolute Gasteiger partial charge is 0.412 e. The van der Waals surface area contributed by atoms with Crippen LogP contribution in [0.5, 0.6) is 5.75 Å². The number of pyridine rings is 2. The summed E-state index contributed by atoms with van der Waals surface area (Å²) in [6.45, 7) is 5.01. The van der Waals surface area contributed by atoms with E-state index in [1.807, 2.05) is 56.3 Å². The summed E-state index contributed by atoms with van der Waals surface area (Å²) in [7, 11) is 0. The lowest BCUT2D eigenvalue weighted by Gasteiger charge is -2.15. The SMILES string of the molecule is CCC(CC)NC(=O)Oc1ccc2c(-c3c(-c4ccccn4)nn4c3CCC4)ccnc2c1. The van der Waals surface area contributed by atoms with E-state index in [1.165, 1.54) is 5.69 Å². The number of benzene rings is 1. The van der Waals surface area contributed by atoms with Crippen LogP contribution >= 0.6 is 0 Å². The number of rotatable bonds is 6. The third kappa shape index (κ3) is 4.06. The van der Waals surface area contributed by atoms with Crippen molar-refractivity contribution < 1.29 is 9.53 Å². The van der Waals surface area contributed by atoms with Crippen molar-refractivity contribution in [3.8, 4) is 28.3 Å². The lowest BCUT2D eigenvalue weighted by atomic mass is 9.96.